The Balaban J connectivity index is 1.66. The first-order valence-corrected chi connectivity index (χ1v) is 10.9. The van der Waals surface area contributed by atoms with E-state index in [0.29, 0.717) is 17.8 Å². The van der Waals surface area contributed by atoms with Gasteiger partial charge in [-0.2, -0.15) is 0 Å². The van der Waals surface area contributed by atoms with Gasteiger partial charge in [0.15, 0.2) is 5.11 Å². The van der Waals surface area contributed by atoms with Crippen molar-refractivity contribution in [2.24, 2.45) is 0 Å². The van der Waals surface area contributed by atoms with Crippen LogP contribution in [0.2, 0.25) is 0 Å². The Morgan fingerprint density at radius 1 is 0.939 bits per heavy atom. The number of benzene rings is 3. The zero-order valence-electron chi connectivity index (χ0n) is 18.5. The van der Waals surface area contributed by atoms with Gasteiger partial charge in [0, 0.05) is 29.6 Å². The molecule has 0 saturated carbocycles. The number of carbonyl (C=O) groups is 3. The van der Waals surface area contributed by atoms with Crippen molar-refractivity contribution < 1.29 is 19.1 Å². The van der Waals surface area contributed by atoms with Crippen LogP contribution in [0.1, 0.15) is 30.1 Å². The zero-order chi connectivity index (χ0) is 23.8. The molecule has 8 heteroatoms. The smallest absolute Gasteiger partial charge is 0.306 e. The molecule has 2 amide bonds. The highest BCUT2D eigenvalue weighted by Crippen LogP contribution is 2.28. The second-order valence-electron chi connectivity index (χ2n) is 7.20. The summed E-state index contributed by atoms with van der Waals surface area (Å²) in [6, 6.07) is 20.7. The van der Waals surface area contributed by atoms with E-state index in [2.05, 4.69) is 15.4 Å². The van der Waals surface area contributed by atoms with E-state index in [1.165, 1.54) is 7.11 Å². The van der Waals surface area contributed by atoms with Gasteiger partial charge in [0.2, 0.25) is 5.91 Å². The third-order valence-corrected chi connectivity index (χ3v) is 5.25. The molecule has 0 aliphatic carbocycles. The standard InChI is InChI=1S/C25H25N3O4S/c1-3-28(21-10-6-8-17-7-4-5-9-20(17)21)24(31)18-11-13-19(14-12-18)26-25(33)27-22(29)15-16-23(30)32-2/h4-14H,3,15-16H2,1-2H3,(H2,26,27,29,33). The van der Waals surface area contributed by atoms with Gasteiger partial charge in [-0.05, 0) is 54.9 Å². The van der Waals surface area contributed by atoms with Crippen LogP contribution in [0.5, 0.6) is 0 Å². The van der Waals surface area contributed by atoms with Gasteiger partial charge < -0.3 is 20.3 Å². The molecule has 170 valence electrons. The predicted molar refractivity (Wildman–Crippen MR) is 133 cm³/mol. The molecule has 3 rings (SSSR count). The number of carbonyl (C=O) groups excluding carboxylic acids is 3. The summed E-state index contributed by atoms with van der Waals surface area (Å²) in [5, 5.41) is 7.60. The molecule has 0 aliphatic heterocycles. The summed E-state index contributed by atoms with van der Waals surface area (Å²) in [4.78, 5) is 38.0. The van der Waals surface area contributed by atoms with E-state index in [1.807, 2.05) is 49.4 Å². The van der Waals surface area contributed by atoms with Gasteiger partial charge in [-0.15, -0.1) is 0 Å². The first-order chi connectivity index (χ1) is 15.9. The Hall–Kier alpha value is -3.78. The fourth-order valence-corrected chi connectivity index (χ4v) is 3.62. The van der Waals surface area contributed by atoms with Crippen molar-refractivity contribution >= 4 is 57.3 Å². The molecule has 3 aromatic carbocycles. The highest BCUT2D eigenvalue weighted by atomic mass is 32.1. The number of nitrogens with one attached hydrogen (secondary N) is 2. The minimum Gasteiger partial charge on any atom is -0.469 e. The van der Waals surface area contributed by atoms with E-state index in [-0.39, 0.29) is 23.9 Å². The summed E-state index contributed by atoms with van der Waals surface area (Å²) in [7, 11) is 1.27. The average molecular weight is 464 g/mol. The number of rotatable bonds is 7. The third-order valence-electron chi connectivity index (χ3n) is 5.05. The fourth-order valence-electron chi connectivity index (χ4n) is 3.39. The summed E-state index contributed by atoms with van der Waals surface area (Å²) in [6.45, 7) is 2.46. The number of methoxy groups -OCH3 is 1. The summed E-state index contributed by atoms with van der Waals surface area (Å²) in [6.07, 6.45) is -0.0463. The maximum Gasteiger partial charge on any atom is 0.306 e. The van der Waals surface area contributed by atoms with E-state index >= 15 is 0 Å². The monoisotopic (exact) mass is 463 g/mol. The number of hydrogen-bond donors (Lipinski definition) is 2. The lowest BCUT2D eigenvalue weighted by atomic mass is 10.1. The topological polar surface area (TPSA) is 87.7 Å². The van der Waals surface area contributed by atoms with E-state index in [0.717, 1.165) is 16.5 Å². The molecule has 0 bridgehead atoms. The molecule has 0 fully saturated rings. The molecule has 2 N–H and O–H groups in total. The Morgan fingerprint density at radius 2 is 1.64 bits per heavy atom. The lowest BCUT2D eigenvalue weighted by molar-refractivity contribution is -0.142. The van der Waals surface area contributed by atoms with Crippen molar-refractivity contribution in [2.75, 3.05) is 23.9 Å². The van der Waals surface area contributed by atoms with Gasteiger partial charge in [-0.25, -0.2) is 0 Å². The number of esters is 1. The lowest BCUT2D eigenvalue weighted by Gasteiger charge is -2.23. The quantitative estimate of drug-likeness (QED) is 0.402. The molecule has 0 aromatic heterocycles. The molecular formula is C25H25N3O4S. The van der Waals surface area contributed by atoms with Crippen molar-refractivity contribution in [1.29, 1.82) is 0 Å². The molecule has 0 radical (unpaired) electrons. The average Bonchev–Trinajstić information content (AvgIpc) is 2.83. The normalized spacial score (nSPS) is 10.4. The van der Waals surface area contributed by atoms with Gasteiger partial charge in [-0.3, -0.25) is 14.4 Å². The molecule has 0 spiro atoms. The molecule has 0 saturated heterocycles. The van der Waals surface area contributed by atoms with E-state index in [4.69, 9.17) is 12.2 Å². The van der Waals surface area contributed by atoms with Crippen molar-refractivity contribution in [1.82, 2.24) is 5.32 Å². The van der Waals surface area contributed by atoms with Gasteiger partial charge in [0.1, 0.15) is 0 Å². The first kappa shape index (κ1) is 23.9. The maximum atomic E-state index is 13.2. The second-order valence-corrected chi connectivity index (χ2v) is 7.61. The predicted octanol–water partition coefficient (Wildman–Crippen LogP) is 4.27. The van der Waals surface area contributed by atoms with E-state index < -0.39 is 11.9 Å². The number of nitrogens with zero attached hydrogens (tertiary/aromatic N) is 1. The van der Waals surface area contributed by atoms with Crippen LogP contribution < -0.4 is 15.5 Å². The Labute approximate surface area is 197 Å². The van der Waals surface area contributed by atoms with Gasteiger partial charge in [-0.1, -0.05) is 36.4 Å². The zero-order valence-corrected chi connectivity index (χ0v) is 19.3. The minimum absolute atomic E-state index is 0.0214. The molecule has 7 nitrogen and oxygen atoms in total. The first-order valence-electron chi connectivity index (χ1n) is 10.5. The van der Waals surface area contributed by atoms with Crippen LogP contribution in [-0.4, -0.2) is 36.6 Å². The number of thiocarbonyl (C=S) groups is 1. The number of anilines is 2. The number of amides is 2. The minimum atomic E-state index is -0.464. The molecule has 0 atom stereocenters. The summed E-state index contributed by atoms with van der Waals surface area (Å²) >= 11 is 5.14. The van der Waals surface area contributed by atoms with Gasteiger partial charge in [0.25, 0.3) is 5.91 Å². The highest BCUT2D eigenvalue weighted by Gasteiger charge is 2.18. The number of ether oxygens (including phenoxy) is 1. The summed E-state index contributed by atoms with van der Waals surface area (Å²) in [5.41, 5.74) is 2.01. The summed E-state index contributed by atoms with van der Waals surface area (Å²) < 4.78 is 4.51. The van der Waals surface area contributed by atoms with Crippen molar-refractivity contribution in [3.8, 4) is 0 Å². The molecule has 33 heavy (non-hydrogen) atoms. The van der Waals surface area contributed by atoms with Gasteiger partial charge >= 0.3 is 5.97 Å². The Bertz CT molecular complexity index is 1170. The van der Waals surface area contributed by atoms with E-state index in [9.17, 15) is 14.4 Å². The number of hydrogen-bond acceptors (Lipinski definition) is 5. The second kappa shape index (κ2) is 11.2. The molecule has 3 aromatic rings. The van der Waals surface area contributed by atoms with Crippen molar-refractivity contribution in [3.05, 3.63) is 72.3 Å². The Kier molecular flexibility index (Phi) is 8.10. The van der Waals surface area contributed by atoms with Crippen LogP contribution in [0.4, 0.5) is 11.4 Å². The molecule has 0 unspecified atom stereocenters. The SMILES string of the molecule is CCN(C(=O)c1ccc(NC(=S)NC(=O)CCC(=O)OC)cc1)c1cccc2ccccc12. The lowest BCUT2D eigenvalue weighted by Crippen LogP contribution is -2.34. The van der Waals surface area contributed by atoms with Crippen LogP contribution in [0, 0.1) is 0 Å². The van der Waals surface area contributed by atoms with Crippen LogP contribution in [-0.2, 0) is 14.3 Å². The Morgan fingerprint density at radius 3 is 2.33 bits per heavy atom. The van der Waals surface area contributed by atoms with Crippen LogP contribution in [0.25, 0.3) is 10.8 Å². The number of fused-ring (bicyclic) bond motifs is 1. The van der Waals surface area contributed by atoms with Crippen molar-refractivity contribution in [3.63, 3.8) is 0 Å². The highest BCUT2D eigenvalue weighted by molar-refractivity contribution is 7.80. The molecular weight excluding hydrogens is 438 g/mol. The fraction of sp³-hybridized carbons (Fsp3) is 0.200. The summed E-state index contributed by atoms with van der Waals surface area (Å²) in [5.74, 6) is -0.966. The third kappa shape index (κ3) is 6.14. The van der Waals surface area contributed by atoms with Crippen LogP contribution in [0.15, 0.2) is 66.7 Å². The molecule has 0 aliphatic rings. The largest absolute Gasteiger partial charge is 0.469 e. The van der Waals surface area contributed by atoms with Crippen molar-refractivity contribution in [2.45, 2.75) is 19.8 Å². The van der Waals surface area contributed by atoms with Gasteiger partial charge in [0.05, 0.1) is 19.2 Å². The van der Waals surface area contributed by atoms with Crippen LogP contribution in [0.3, 0.4) is 0 Å². The van der Waals surface area contributed by atoms with E-state index in [1.54, 1.807) is 29.2 Å². The maximum absolute atomic E-state index is 13.2. The molecule has 0 heterocycles. The van der Waals surface area contributed by atoms with Crippen LogP contribution >= 0.6 is 12.2 Å².